The quantitative estimate of drug-likeness (QED) is 0.0682. The Morgan fingerprint density at radius 3 is 1.28 bits per heavy atom. The largest absolute Gasteiger partial charge is 0.369 e. The van der Waals surface area contributed by atoms with E-state index in [1.807, 2.05) is 46.9 Å². The molecule has 0 aromatic rings. The number of carbonyl (C=O) groups is 10. The Balaban J connectivity index is -0.000000204. The van der Waals surface area contributed by atoms with E-state index in [0.29, 0.717) is 38.5 Å². The Labute approximate surface area is 320 Å². The molecule has 0 aliphatic rings. The smallest absolute Gasteiger partial charge is 0.242 e. The van der Waals surface area contributed by atoms with Crippen molar-refractivity contribution in [2.75, 3.05) is 136 Å². The number of nitrogens with zero attached hydrogens (tertiary/aromatic N) is 6. The Kier molecular flexibility index (Phi) is 42.9. The highest BCUT2D eigenvalue weighted by atomic mass is 16.2. The summed E-state index contributed by atoms with van der Waals surface area (Å²) in [5.74, 6) is -1.46. The van der Waals surface area contributed by atoms with Crippen LogP contribution in [0.3, 0.4) is 0 Å². The summed E-state index contributed by atoms with van der Waals surface area (Å²) in [7, 11) is 17.2. The fourth-order valence-corrected chi connectivity index (χ4v) is 2.78. The lowest BCUT2D eigenvalue weighted by Gasteiger charge is -2.22. The highest BCUT2D eigenvalue weighted by Crippen LogP contribution is 1.91. The second kappa shape index (κ2) is 39.5. The summed E-state index contributed by atoms with van der Waals surface area (Å²) in [5, 5.41) is 10.3. The molecule has 0 saturated heterocycles. The topological polar surface area (TPSA) is 264 Å². The lowest BCUT2D eigenvalue weighted by atomic mass is 10.3. The van der Waals surface area contributed by atoms with Gasteiger partial charge in [-0.1, -0.05) is 13.8 Å². The van der Waals surface area contributed by atoms with Crippen LogP contribution < -0.4 is 27.0 Å². The molecule has 6 amide bonds. The number of hydrogen-bond acceptors (Lipinski definition) is 15. The molecule has 0 saturated carbocycles. The molecule has 0 aliphatic carbocycles. The zero-order valence-electron chi connectivity index (χ0n) is 34.3. The molecule has 0 atom stereocenters. The van der Waals surface area contributed by atoms with E-state index in [1.165, 1.54) is 28.8 Å². The fraction of sp³-hybridized carbons (Fsp3) is 0.697. The number of hydrogen-bond donors (Lipinski definition) is 5. The molecule has 0 unspecified atom stereocenters. The number of aldehydes is 4. The molecular weight excluding hydrogens is 710 g/mol. The molecule has 0 aromatic heterocycles. The molecule has 0 aliphatic heterocycles. The number of carbonyl (C=O) groups excluding carboxylic acids is 10. The molecule has 0 bridgehead atoms. The van der Waals surface area contributed by atoms with Crippen LogP contribution in [0, 0.1) is 0 Å². The summed E-state index contributed by atoms with van der Waals surface area (Å²) in [5.41, 5.74) is 4.70. The van der Waals surface area contributed by atoms with Crippen molar-refractivity contribution in [3.63, 3.8) is 0 Å². The minimum absolute atomic E-state index is 0.0397. The van der Waals surface area contributed by atoms with E-state index in [0.717, 1.165) is 6.29 Å². The van der Waals surface area contributed by atoms with Crippen LogP contribution in [0.2, 0.25) is 0 Å². The van der Waals surface area contributed by atoms with Crippen LogP contribution in [0.25, 0.3) is 0 Å². The Morgan fingerprint density at radius 2 is 0.963 bits per heavy atom. The molecule has 0 spiro atoms. The zero-order chi connectivity index (χ0) is 43.2. The van der Waals surface area contributed by atoms with E-state index < -0.39 is 5.91 Å². The third-order valence-corrected chi connectivity index (χ3v) is 5.51. The third-order valence-electron chi connectivity index (χ3n) is 5.51. The first-order chi connectivity index (χ1) is 25.1. The van der Waals surface area contributed by atoms with Gasteiger partial charge < -0.3 is 75.6 Å². The van der Waals surface area contributed by atoms with E-state index in [9.17, 15) is 47.9 Å². The van der Waals surface area contributed by atoms with Crippen molar-refractivity contribution in [3.05, 3.63) is 0 Å². The number of rotatable bonds is 21. The first kappa shape index (κ1) is 58.6. The fourth-order valence-electron chi connectivity index (χ4n) is 2.78. The molecule has 0 rings (SSSR count). The Bertz CT molecular complexity index is 1090. The van der Waals surface area contributed by atoms with Crippen LogP contribution >= 0.6 is 0 Å². The molecular formula is C33H67N11O10. The van der Waals surface area contributed by atoms with Gasteiger partial charge in [0.05, 0.1) is 65.4 Å². The predicted octanol–water partition coefficient (Wildman–Crippen LogP) is -5.28. The number of nitrogens with one attached hydrogen (secondary N) is 4. The summed E-state index contributed by atoms with van der Waals surface area (Å²) in [6.07, 6.45) is 2.81. The highest BCUT2D eigenvalue weighted by Gasteiger charge is 2.17. The van der Waals surface area contributed by atoms with Crippen molar-refractivity contribution in [2.45, 2.75) is 19.9 Å². The van der Waals surface area contributed by atoms with Crippen molar-refractivity contribution >= 4 is 60.6 Å². The minimum Gasteiger partial charge on any atom is -0.369 e. The molecule has 0 heterocycles. The first-order valence-electron chi connectivity index (χ1n) is 16.7. The van der Waals surface area contributed by atoms with Gasteiger partial charge in [0.1, 0.15) is 25.1 Å². The van der Waals surface area contributed by atoms with Crippen LogP contribution in [0.5, 0.6) is 0 Å². The molecule has 0 fully saturated rings. The first-order valence-corrected chi connectivity index (χ1v) is 16.7. The van der Waals surface area contributed by atoms with Gasteiger partial charge in [-0.3, -0.25) is 28.8 Å². The molecule has 6 N–H and O–H groups in total. The van der Waals surface area contributed by atoms with Crippen molar-refractivity contribution in [2.24, 2.45) is 5.73 Å². The van der Waals surface area contributed by atoms with Gasteiger partial charge in [-0.05, 0) is 49.3 Å². The van der Waals surface area contributed by atoms with Gasteiger partial charge in [-0.15, -0.1) is 0 Å². The molecule has 21 nitrogen and oxygen atoms in total. The summed E-state index contributed by atoms with van der Waals surface area (Å²) in [6.45, 7) is 5.41. The molecule has 21 heteroatoms. The van der Waals surface area contributed by atoms with Crippen LogP contribution in [0.1, 0.15) is 13.8 Å². The van der Waals surface area contributed by atoms with Crippen LogP contribution in [-0.2, 0) is 47.9 Å². The van der Waals surface area contributed by atoms with Gasteiger partial charge in [0, 0.05) is 27.2 Å². The van der Waals surface area contributed by atoms with Gasteiger partial charge in [0.25, 0.3) is 0 Å². The molecule has 0 aromatic carbocycles. The van der Waals surface area contributed by atoms with Crippen LogP contribution in [0.4, 0.5) is 0 Å². The lowest BCUT2D eigenvalue weighted by molar-refractivity contribution is -0.139. The van der Waals surface area contributed by atoms with Gasteiger partial charge >= 0.3 is 0 Å². The summed E-state index contributed by atoms with van der Waals surface area (Å²) in [4.78, 5) is 115. The summed E-state index contributed by atoms with van der Waals surface area (Å²) in [6, 6.07) is 0.183. The number of likely N-dealkylation sites (N-methyl/N-ethyl adjacent to an activating group) is 7. The van der Waals surface area contributed by atoms with E-state index in [1.54, 1.807) is 38.0 Å². The minimum atomic E-state index is -0.423. The van der Waals surface area contributed by atoms with Crippen molar-refractivity contribution < 1.29 is 47.9 Å². The lowest BCUT2D eigenvalue weighted by Crippen LogP contribution is -2.46. The van der Waals surface area contributed by atoms with Crippen molar-refractivity contribution in [3.8, 4) is 0 Å². The molecule has 0 radical (unpaired) electrons. The SMILES string of the molecule is CC(C)NCC(=O)N(C)CC(=O)N(C)CC(=O)NCC=O.CN(C)CC(=O)N(C)CC=O.CN(C)CC(=O)NCC=O.CN(C)CC=O.CNCC(N)=O. The second-order valence-corrected chi connectivity index (χ2v) is 12.3. The van der Waals surface area contributed by atoms with E-state index in [2.05, 4.69) is 21.3 Å². The predicted molar refractivity (Wildman–Crippen MR) is 205 cm³/mol. The van der Waals surface area contributed by atoms with Crippen molar-refractivity contribution in [1.29, 1.82) is 0 Å². The maximum atomic E-state index is 11.9. The second-order valence-electron chi connectivity index (χ2n) is 12.3. The molecule has 54 heavy (non-hydrogen) atoms. The van der Waals surface area contributed by atoms with Gasteiger partial charge in [0.15, 0.2) is 0 Å². The van der Waals surface area contributed by atoms with Crippen molar-refractivity contribution in [1.82, 2.24) is 50.7 Å². The average molecular weight is 778 g/mol. The van der Waals surface area contributed by atoms with E-state index >= 15 is 0 Å². The number of primary amides is 1. The van der Waals surface area contributed by atoms with Crippen LogP contribution in [-0.4, -0.2) is 232 Å². The zero-order valence-corrected chi connectivity index (χ0v) is 34.3. The summed E-state index contributed by atoms with van der Waals surface area (Å²) < 4.78 is 0. The standard InChI is InChI=1S/C13H24N4O4.C7H14N2O2.C6H12N2O2.C4H9NO.C3H8N2O/c1-10(2)15-7-12(20)17(4)9-13(21)16(3)8-11(19)14-5-6-18;1-8(2)6-7(11)9(3)4-5-10;1-8(2)5-6(10)7-3-4-9;1-5(2)3-4-6;1-5-2-3(4)6/h6,10,15H,5,7-9H2,1-4H3,(H,14,19);5H,4,6H2,1-3H3;4H,3,5H2,1-2H3,(H,7,10);4H,3H2,1-2H3;5H,2H2,1H3,(H2,4,6). The highest BCUT2D eigenvalue weighted by molar-refractivity contribution is 5.89. The van der Waals surface area contributed by atoms with E-state index in [-0.39, 0.29) is 81.4 Å². The van der Waals surface area contributed by atoms with E-state index in [4.69, 9.17) is 5.73 Å². The monoisotopic (exact) mass is 778 g/mol. The van der Waals surface area contributed by atoms with Gasteiger partial charge in [-0.2, -0.15) is 0 Å². The summed E-state index contributed by atoms with van der Waals surface area (Å²) >= 11 is 0. The number of nitrogens with two attached hydrogens (primary N) is 1. The maximum Gasteiger partial charge on any atom is 0.242 e. The van der Waals surface area contributed by atoms with Gasteiger partial charge in [0.2, 0.25) is 35.4 Å². The van der Waals surface area contributed by atoms with Crippen LogP contribution in [0.15, 0.2) is 0 Å². The Morgan fingerprint density at radius 1 is 0.537 bits per heavy atom. The third kappa shape index (κ3) is 49.4. The molecule has 314 valence electrons. The van der Waals surface area contributed by atoms with Gasteiger partial charge in [-0.25, -0.2) is 0 Å². The number of amides is 6. The maximum absolute atomic E-state index is 11.9. The normalized spacial score (nSPS) is 9.63. The Hall–Kier alpha value is -4.70. The average Bonchev–Trinajstić information content (AvgIpc) is 3.05.